The van der Waals surface area contributed by atoms with E-state index in [1.54, 1.807) is 24.3 Å². The van der Waals surface area contributed by atoms with E-state index in [0.717, 1.165) is 9.38 Å². The molecule has 0 unspecified atom stereocenters. The fourth-order valence-electron chi connectivity index (χ4n) is 2.80. The van der Waals surface area contributed by atoms with Crippen molar-refractivity contribution in [2.75, 3.05) is 5.32 Å². The Kier molecular flexibility index (Phi) is 5.20. The maximum atomic E-state index is 13.8. The number of halogens is 6. The smallest absolute Gasteiger partial charge is 0.268 e. The van der Waals surface area contributed by atoms with E-state index in [2.05, 4.69) is 10.4 Å². The molecule has 1 amide bonds. The Hall–Kier alpha value is -2.98. The summed E-state index contributed by atoms with van der Waals surface area (Å²) < 4.78 is 69.2. The molecule has 0 saturated heterocycles. The van der Waals surface area contributed by atoms with E-state index in [1.807, 2.05) is 0 Å². The largest absolute Gasteiger partial charge is 0.304 e. The van der Waals surface area contributed by atoms with E-state index in [9.17, 15) is 26.7 Å². The van der Waals surface area contributed by atoms with E-state index >= 15 is 0 Å². The van der Waals surface area contributed by atoms with E-state index in [4.69, 9.17) is 11.6 Å². The van der Waals surface area contributed by atoms with Crippen LogP contribution in [-0.2, 0) is 6.54 Å². The molecule has 0 radical (unpaired) electrons. The summed E-state index contributed by atoms with van der Waals surface area (Å²) in [6.07, 6.45) is 1.22. The van der Waals surface area contributed by atoms with Crippen LogP contribution in [0.4, 0.5) is 27.8 Å². The van der Waals surface area contributed by atoms with Crippen LogP contribution in [0.25, 0.3) is 10.1 Å². The van der Waals surface area contributed by atoms with Crippen molar-refractivity contribution in [2.45, 2.75) is 6.54 Å². The molecule has 0 bridgehead atoms. The monoisotopic (exact) mass is 457 g/mol. The van der Waals surface area contributed by atoms with Gasteiger partial charge in [0, 0.05) is 22.3 Å². The second-order valence-corrected chi connectivity index (χ2v) is 7.57. The van der Waals surface area contributed by atoms with Crippen molar-refractivity contribution in [3.05, 3.63) is 81.1 Å². The number of amides is 1. The summed E-state index contributed by atoms with van der Waals surface area (Å²) in [5.74, 6) is -10.7. The first-order valence-corrected chi connectivity index (χ1v) is 9.49. The minimum atomic E-state index is -2.23. The topological polar surface area (TPSA) is 46.9 Å². The number of nitrogens with zero attached hydrogens (tertiary/aromatic N) is 2. The third kappa shape index (κ3) is 3.41. The Labute approximate surface area is 174 Å². The molecular formula is C19H9ClF5N3OS. The zero-order valence-corrected chi connectivity index (χ0v) is 16.2. The molecule has 0 aliphatic rings. The summed E-state index contributed by atoms with van der Waals surface area (Å²) in [6.45, 7) is -0.731. The van der Waals surface area contributed by atoms with Gasteiger partial charge in [0.25, 0.3) is 5.91 Å². The lowest BCUT2D eigenvalue weighted by Crippen LogP contribution is -2.13. The summed E-state index contributed by atoms with van der Waals surface area (Å²) in [5.41, 5.74) is -1.04. The molecule has 2 heterocycles. The molecule has 2 aromatic carbocycles. The Morgan fingerprint density at radius 3 is 2.30 bits per heavy atom. The second-order valence-electron chi connectivity index (χ2n) is 6.14. The van der Waals surface area contributed by atoms with Crippen LogP contribution < -0.4 is 5.32 Å². The molecule has 4 nitrogen and oxygen atoms in total. The fourth-order valence-corrected chi connectivity index (χ4v) is 4.21. The normalized spacial score (nSPS) is 11.3. The zero-order chi connectivity index (χ0) is 21.6. The molecule has 1 N–H and O–H groups in total. The molecule has 0 aliphatic heterocycles. The Balaban J connectivity index is 1.57. The van der Waals surface area contributed by atoms with Crippen LogP contribution in [0.1, 0.15) is 15.2 Å². The number of fused-ring (bicyclic) bond motifs is 1. The number of thiophene rings is 1. The molecular weight excluding hydrogens is 449 g/mol. The summed E-state index contributed by atoms with van der Waals surface area (Å²) in [7, 11) is 0. The van der Waals surface area contributed by atoms with Gasteiger partial charge in [-0.15, -0.1) is 11.3 Å². The van der Waals surface area contributed by atoms with E-state index in [-0.39, 0.29) is 15.7 Å². The van der Waals surface area contributed by atoms with Gasteiger partial charge in [-0.05, 0) is 6.07 Å². The molecule has 11 heteroatoms. The molecule has 0 aliphatic carbocycles. The van der Waals surface area contributed by atoms with Gasteiger partial charge >= 0.3 is 0 Å². The van der Waals surface area contributed by atoms with Crippen LogP contribution in [0.15, 0.2) is 36.5 Å². The predicted molar refractivity (Wildman–Crippen MR) is 102 cm³/mol. The summed E-state index contributed by atoms with van der Waals surface area (Å²) >= 11 is 7.42. The van der Waals surface area contributed by atoms with Gasteiger partial charge in [-0.25, -0.2) is 22.0 Å². The number of carbonyl (C=O) groups is 1. The number of carbonyl (C=O) groups excluding carboxylic acids is 1. The number of nitrogens with one attached hydrogen (secondary N) is 1. The second kappa shape index (κ2) is 7.69. The fraction of sp³-hybridized carbons (Fsp3) is 0.0526. The van der Waals surface area contributed by atoms with E-state index in [1.165, 1.54) is 23.6 Å². The standard InChI is InChI=1S/C19H9ClF5N3OS/c20-12-8-3-1-2-4-10(8)30-18(12)19(29)26-11-5-6-28(27-11)7-9-13(21)15(23)17(25)16(24)14(9)22/h1-6H,7H2,(H,26,27,29). The van der Waals surface area contributed by atoms with Crippen molar-refractivity contribution in [1.29, 1.82) is 0 Å². The highest BCUT2D eigenvalue weighted by Gasteiger charge is 2.26. The van der Waals surface area contributed by atoms with Crippen molar-refractivity contribution in [3.8, 4) is 0 Å². The molecule has 154 valence electrons. The van der Waals surface area contributed by atoms with Gasteiger partial charge in [0.15, 0.2) is 29.1 Å². The number of aromatic nitrogens is 2. The summed E-state index contributed by atoms with van der Waals surface area (Å²) in [5, 5.41) is 7.37. The Morgan fingerprint density at radius 1 is 1.00 bits per heavy atom. The minimum absolute atomic E-state index is 0.0115. The van der Waals surface area contributed by atoms with Crippen LogP contribution in [0.5, 0.6) is 0 Å². The average Bonchev–Trinajstić information content (AvgIpc) is 3.32. The van der Waals surface area contributed by atoms with Crippen LogP contribution in [0, 0.1) is 29.1 Å². The van der Waals surface area contributed by atoms with Crippen molar-refractivity contribution in [1.82, 2.24) is 9.78 Å². The van der Waals surface area contributed by atoms with Crippen molar-refractivity contribution in [3.63, 3.8) is 0 Å². The van der Waals surface area contributed by atoms with Crippen LogP contribution >= 0.6 is 22.9 Å². The predicted octanol–water partition coefficient (Wildman–Crippen LogP) is 5.75. The van der Waals surface area contributed by atoms with Gasteiger partial charge in [-0.2, -0.15) is 5.10 Å². The minimum Gasteiger partial charge on any atom is -0.304 e. The number of benzene rings is 2. The maximum absolute atomic E-state index is 13.8. The van der Waals surface area contributed by atoms with Crippen LogP contribution in [0.3, 0.4) is 0 Å². The molecule has 0 saturated carbocycles. The number of anilines is 1. The van der Waals surface area contributed by atoms with Crippen LogP contribution in [-0.4, -0.2) is 15.7 Å². The molecule has 0 spiro atoms. The number of hydrogen-bond acceptors (Lipinski definition) is 3. The lowest BCUT2D eigenvalue weighted by atomic mass is 10.1. The first-order chi connectivity index (χ1) is 14.3. The Bertz CT molecular complexity index is 1270. The zero-order valence-electron chi connectivity index (χ0n) is 14.6. The molecule has 4 aromatic rings. The molecule has 4 rings (SSSR count). The lowest BCUT2D eigenvalue weighted by molar-refractivity contribution is 0.103. The SMILES string of the molecule is O=C(Nc1ccn(Cc2c(F)c(F)c(F)c(F)c2F)n1)c1sc2ccccc2c1Cl. The van der Waals surface area contributed by atoms with Crippen molar-refractivity contribution >= 4 is 44.7 Å². The molecule has 30 heavy (non-hydrogen) atoms. The van der Waals surface area contributed by atoms with Gasteiger partial charge in [-0.1, -0.05) is 29.8 Å². The highest BCUT2D eigenvalue weighted by atomic mass is 35.5. The maximum Gasteiger partial charge on any atom is 0.268 e. The third-order valence-electron chi connectivity index (χ3n) is 4.24. The van der Waals surface area contributed by atoms with E-state index < -0.39 is 47.1 Å². The number of hydrogen-bond donors (Lipinski definition) is 1. The molecule has 0 fully saturated rings. The van der Waals surface area contributed by atoms with Crippen molar-refractivity contribution < 1.29 is 26.7 Å². The van der Waals surface area contributed by atoms with Gasteiger partial charge in [0.1, 0.15) is 4.88 Å². The van der Waals surface area contributed by atoms with Crippen molar-refractivity contribution in [2.24, 2.45) is 0 Å². The van der Waals surface area contributed by atoms with E-state index in [0.29, 0.717) is 5.39 Å². The summed E-state index contributed by atoms with van der Waals surface area (Å²) in [4.78, 5) is 12.8. The van der Waals surface area contributed by atoms with Gasteiger partial charge in [-0.3, -0.25) is 9.48 Å². The van der Waals surface area contributed by atoms with Gasteiger partial charge < -0.3 is 5.32 Å². The first kappa shape index (κ1) is 20.3. The Morgan fingerprint density at radius 2 is 1.63 bits per heavy atom. The first-order valence-electron chi connectivity index (χ1n) is 8.30. The third-order valence-corrected chi connectivity index (χ3v) is 5.92. The van der Waals surface area contributed by atoms with Gasteiger partial charge in [0.05, 0.1) is 17.1 Å². The molecule has 2 aromatic heterocycles. The highest BCUT2D eigenvalue weighted by molar-refractivity contribution is 7.21. The van der Waals surface area contributed by atoms with Crippen LogP contribution in [0.2, 0.25) is 5.02 Å². The average molecular weight is 458 g/mol. The molecule has 0 atom stereocenters. The highest BCUT2D eigenvalue weighted by Crippen LogP contribution is 2.35. The van der Waals surface area contributed by atoms with Gasteiger partial charge in [0.2, 0.25) is 5.82 Å². The quantitative estimate of drug-likeness (QED) is 0.241. The summed E-state index contributed by atoms with van der Waals surface area (Å²) in [6, 6.07) is 8.47. The lowest BCUT2D eigenvalue weighted by Gasteiger charge is -2.08. The number of rotatable bonds is 4.